The zero-order valence-electron chi connectivity index (χ0n) is 22.7. The summed E-state index contributed by atoms with van der Waals surface area (Å²) in [5, 5.41) is 4.01. The second kappa shape index (κ2) is 9.92. The molecule has 1 saturated carbocycles. The molecule has 1 spiro atoms. The summed E-state index contributed by atoms with van der Waals surface area (Å²) in [5.41, 5.74) is 3.84. The van der Waals surface area contributed by atoms with Gasteiger partial charge in [0, 0.05) is 51.5 Å². The maximum absolute atomic E-state index is 12.4. The lowest BCUT2D eigenvalue weighted by atomic mass is 9.86. The van der Waals surface area contributed by atoms with Gasteiger partial charge in [0.15, 0.2) is 5.13 Å². The number of nitrogens with one attached hydrogen (secondary N) is 1. The molecule has 2 aliphatic heterocycles. The van der Waals surface area contributed by atoms with Gasteiger partial charge in [-0.05, 0) is 41.5 Å². The minimum atomic E-state index is -0.180. The van der Waals surface area contributed by atoms with E-state index in [1.807, 2.05) is 0 Å². The zero-order valence-corrected chi connectivity index (χ0v) is 23.5. The first-order valence-corrected chi connectivity index (χ1v) is 14.7. The van der Waals surface area contributed by atoms with Crippen LogP contribution in [0.3, 0.4) is 0 Å². The molecule has 1 aromatic heterocycles. The van der Waals surface area contributed by atoms with Crippen LogP contribution in [0, 0.1) is 0 Å². The number of amides is 1. The van der Waals surface area contributed by atoms with Crippen LogP contribution >= 0.6 is 11.3 Å². The Bertz CT molecular complexity index is 1280. The van der Waals surface area contributed by atoms with Crippen molar-refractivity contribution in [2.45, 2.75) is 76.5 Å². The van der Waals surface area contributed by atoms with Crippen molar-refractivity contribution in [1.82, 2.24) is 10.3 Å². The molecule has 7 heteroatoms. The number of rotatable bonds is 5. The van der Waals surface area contributed by atoms with Crippen LogP contribution in [0.25, 0.3) is 0 Å². The number of hydrogen-bond acceptors (Lipinski definition) is 6. The fourth-order valence-electron chi connectivity index (χ4n) is 5.50. The summed E-state index contributed by atoms with van der Waals surface area (Å²) < 4.78 is 6.85. The van der Waals surface area contributed by atoms with Gasteiger partial charge in [-0.25, -0.2) is 4.98 Å². The molecule has 1 amide bonds. The second-order valence-corrected chi connectivity index (χ2v) is 13.1. The highest BCUT2D eigenvalue weighted by Crippen LogP contribution is 2.42. The molecule has 6 nitrogen and oxygen atoms in total. The van der Waals surface area contributed by atoms with E-state index >= 15 is 0 Å². The molecule has 2 aromatic carbocycles. The maximum Gasteiger partial charge on any atom is 0.263 e. The van der Waals surface area contributed by atoms with E-state index < -0.39 is 0 Å². The van der Waals surface area contributed by atoms with Gasteiger partial charge >= 0.3 is 0 Å². The number of fused-ring (bicyclic) bond motifs is 1. The van der Waals surface area contributed by atoms with Crippen molar-refractivity contribution < 1.29 is 9.53 Å². The Morgan fingerprint density at radius 2 is 1.76 bits per heavy atom. The number of nitrogens with zero attached hydrogens (tertiary/aromatic N) is 3. The molecule has 0 radical (unpaired) electrons. The van der Waals surface area contributed by atoms with E-state index in [4.69, 9.17) is 4.74 Å². The standard InChI is InChI=1S/C31H38N4O2S/c1-30(2,3)23-10-8-22(9-11-23)21-35-19-16-31(37-26-7-5-4-6-25(26)35)14-17-34(18-15-31)29-32-20-27(38-29)28(36)33-24-12-13-24/h4-11,20,24H,12-19,21H2,1-3H3,(H,33,36). The largest absolute Gasteiger partial charge is 0.485 e. The lowest BCUT2D eigenvalue weighted by molar-refractivity contribution is 0.0411. The average molecular weight is 531 g/mol. The van der Waals surface area contributed by atoms with E-state index in [-0.39, 0.29) is 16.9 Å². The average Bonchev–Trinajstić information content (AvgIpc) is 3.61. The first kappa shape index (κ1) is 25.2. The van der Waals surface area contributed by atoms with Crippen molar-refractivity contribution in [3.63, 3.8) is 0 Å². The number of ether oxygens (including phenoxy) is 1. The monoisotopic (exact) mass is 530 g/mol. The maximum atomic E-state index is 12.4. The van der Waals surface area contributed by atoms with E-state index in [0.29, 0.717) is 10.9 Å². The third kappa shape index (κ3) is 5.39. The molecule has 1 aliphatic carbocycles. The lowest BCUT2D eigenvalue weighted by Crippen LogP contribution is -2.48. The fraction of sp³-hybridized carbons (Fsp3) is 0.484. The number of hydrogen-bond donors (Lipinski definition) is 1. The number of aromatic nitrogens is 1. The van der Waals surface area contributed by atoms with Crippen LogP contribution < -0.4 is 19.9 Å². The van der Waals surface area contributed by atoms with E-state index in [2.05, 4.69) is 89.4 Å². The highest BCUT2D eigenvalue weighted by molar-refractivity contribution is 7.17. The molecule has 0 atom stereocenters. The summed E-state index contributed by atoms with van der Waals surface area (Å²) in [5.74, 6) is 1.000. The van der Waals surface area contributed by atoms with Crippen LogP contribution in [0.4, 0.5) is 10.8 Å². The van der Waals surface area contributed by atoms with Crippen molar-refractivity contribution in [3.05, 3.63) is 70.7 Å². The van der Waals surface area contributed by atoms with Gasteiger partial charge in [0.25, 0.3) is 5.91 Å². The number of piperidine rings is 1. The molecular weight excluding hydrogens is 492 g/mol. The Labute approximate surface area is 230 Å². The van der Waals surface area contributed by atoms with Gasteiger partial charge < -0.3 is 19.9 Å². The molecular formula is C31H38N4O2S. The molecule has 3 aromatic rings. The summed E-state index contributed by atoms with van der Waals surface area (Å²) in [7, 11) is 0. The van der Waals surface area contributed by atoms with Crippen molar-refractivity contribution in [2.75, 3.05) is 29.4 Å². The molecule has 6 rings (SSSR count). The molecule has 0 unspecified atom stereocenters. The van der Waals surface area contributed by atoms with Gasteiger partial charge in [-0.3, -0.25) is 4.79 Å². The van der Waals surface area contributed by atoms with Gasteiger partial charge in [-0.2, -0.15) is 0 Å². The van der Waals surface area contributed by atoms with Crippen molar-refractivity contribution in [3.8, 4) is 5.75 Å². The first-order chi connectivity index (χ1) is 18.3. The number of carbonyl (C=O) groups excluding carboxylic acids is 1. The molecule has 38 heavy (non-hydrogen) atoms. The third-order valence-corrected chi connectivity index (χ3v) is 9.20. The fourth-order valence-corrected chi connectivity index (χ4v) is 6.37. The highest BCUT2D eigenvalue weighted by Gasteiger charge is 2.40. The predicted octanol–water partition coefficient (Wildman–Crippen LogP) is 6.16. The lowest BCUT2D eigenvalue weighted by Gasteiger charge is -2.41. The Kier molecular flexibility index (Phi) is 6.58. The number of thiazole rings is 1. The van der Waals surface area contributed by atoms with Crippen LogP contribution in [0.5, 0.6) is 5.75 Å². The molecule has 0 bridgehead atoms. The number of benzene rings is 2. The van der Waals surface area contributed by atoms with E-state index in [1.165, 1.54) is 28.2 Å². The summed E-state index contributed by atoms with van der Waals surface area (Å²) in [6.45, 7) is 10.4. The van der Waals surface area contributed by atoms with Crippen LogP contribution in [-0.4, -0.2) is 42.2 Å². The smallest absolute Gasteiger partial charge is 0.263 e. The van der Waals surface area contributed by atoms with Crippen LogP contribution in [-0.2, 0) is 12.0 Å². The molecule has 200 valence electrons. The molecule has 1 saturated heterocycles. The third-order valence-electron chi connectivity index (χ3n) is 8.14. The van der Waals surface area contributed by atoms with E-state index in [1.54, 1.807) is 6.20 Å². The first-order valence-electron chi connectivity index (χ1n) is 13.9. The van der Waals surface area contributed by atoms with Gasteiger partial charge in [0.2, 0.25) is 0 Å². The zero-order chi connectivity index (χ0) is 26.3. The van der Waals surface area contributed by atoms with Crippen LogP contribution in [0.1, 0.15) is 73.7 Å². The van der Waals surface area contributed by atoms with E-state index in [9.17, 15) is 4.79 Å². The highest BCUT2D eigenvalue weighted by atomic mass is 32.1. The Morgan fingerprint density at radius 1 is 1.05 bits per heavy atom. The minimum Gasteiger partial charge on any atom is -0.485 e. The molecule has 2 fully saturated rings. The van der Waals surface area contributed by atoms with E-state index in [0.717, 1.165) is 69.2 Å². The summed E-state index contributed by atoms with van der Waals surface area (Å²) in [4.78, 5) is 22.5. The van der Waals surface area contributed by atoms with Crippen molar-refractivity contribution >= 4 is 28.1 Å². The van der Waals surface area contributed by atoms with Gasteiger partial charge in [0.05, 0.1) is 11.9 Å². The number of anilines is 2. The van der Waals surface area contributed by atoms with Gasteiger partial charge in [0.1, 0.15) is 16.2 Å². The normalized spacial score (nSPS) is 19.0. The summed E-state index contributed by atoms with van der Waals surface area (Å²) in [6.07, 6.45) is 6.79. The minimum absolute atomic E-state index is 0.0153. The number of para-hydroxylation sites is 2. The van der Waals surface area contributed by atoms with Gasteiger partial charge in [-0.15, -0.1) is 0 Å². The molecule has 3 aliphatic rings. The van der Waals surface area contributed by atoms with Gasteiger partial charge in [-0.1, -0.05) is 68.5 Å². The Hall–Kier alpha value is -3.06. The second-order valence-electron chi connectivity index (χ2n) is 12.1. The van der Waals surface area contributed by atoms with Crippen LogP contribution in [0.15, 0.2) is 54.7 Å². The predicted molar refractivity (Wildman–Crippen MR) is 155 cm³/mol. The SMILES string of the molecule is CC(C)(C)c1ccc(CN2CCC3(CCN(c4ncc(C(=O)NC5CC5)s4)CC3)Oc3ccccc32)cc1. The topological polar surface area (TPSA) is 57.7 Å². The Balaban J connectivity index is 1.13. The number of carbonyl (C=O) groups is 1. The van der Waals surface area contributed by atoms with Crippen molar-refractivity contribution in [2.24, 2.45) is 0 Å². The van der Waals surface area contributed by atoms with Crippen LogP contribution in [0.2, 0.25) is 0 Å². The summed E-state index contributed by atoms with van der Waals surface area (Å²) >= 11 is 1.50. The summed E-state index contributed by atoms with van der Waals surface area (Å²) in [6, 6.07) is 17.9. The molecule has 1 N–H and O–H groups in total. The quantitative estimate of drug-likeness (QED) is 0.428. The Morgan fingerprint density at radius 3 is 2.47 bits per heavy atom. The molecule has 3 heterocycles. The van der Waals surface area contributed by atoms with Crippen molar-refractivity contribution in [1.29, 1.82) is 0 Å².